The topological polar surface area (TPSA) is 21.3 Å². The minimum atomic E-state index is 0.456. The molecule has 0 bridgehead atoms. The molecule has 0 saturated heterocycles. The molecule has 2 rings (SSSR count). The van der Waals surface area contributed by atoms with Gasteiger partial charge in [-0.1, -0.05) is 11.6 Å². The first-order valence-electron chi connectivity index (χ1n) is 6.28. The molecule has 2 unspecified atom stereocenters. The highest BCUT2D eigenvalue weighted by atomic mass is 35.5. The summed E-state index contributed by atoms with van der Waals surface area (Å²) in [5, 5.41) is 3.63. The molecule has 1 aliphatic rings. The summed E-state index contributed by atoms with van der Waals surface area (Å²) in [4.78, 5) is 1.36. The van der Waals surface area contributed by atoms with Crippen molar-refractivity contribution in [3.63, 3.8) is 0 Å². The molecule has 1 saturated carbocycles. The zero-order valence-corrected chi connectivity index (χ0v) is 11.8. The van der Waals surface area contributed by atoms with Gasteiger partial charge >= 0.3 is 0 Å². The van der Waals surface area contributed by atoms with Crippen molar-refractivity contribution in [2.75, 3.05) is 13.7 Å². The number of rotatable bonds is 5. The fraction of sp³-hybridized carbons (Fsp3) is 0.692. The van der Waals surface area contributed by atoms with Gasteiger partial charge in [-0.05, 0) is 44.2 Å². The monoisotopic (exact) mass is 273 g/mol. The van der Waals surface area contributed by atoms with E-state index >= 15 is 0 Å². The number of thiophene rings is 1. The van der Waals surface area contributed by atoms with Gasteiger partial charge in [-0.15, -0.1) is 11.3 Å². The number of hydrogen-bond donors (Lipinski definition) is 1. The lowest BCUT2D eigenvalue weighted by atomic mass is 9.93. The van der Waals surface area contributed by atoms with Crippen molar-refractivity contribution < 1.29 is 4.74 Å². The highest BCUT2D eigenvalue weighted by Crippen LogP contribution is 2.22. The van der Waals surface area contributed by atoms with Crippen LogP contribution in [-0.2, 0) is 11.2 Å². The van der Waals surface area contributed by atoms with Gasteiger partial charge in [0.1, 0.15) is 0 Å². The van der Waals surface area contributed by atoms with E-state index in [1.54, 1.807) is 11.3 Å². The van der Waals surface area contributed by atoms with Gasteiger partial charge in [0.25, 0.3) is 0 Å². The zero-order valence-electron chi connectivity index (χ0n) is 10.2. The van der Waals surface area contributed by atoms with Crippen LogP contribution in [0.3, 0.4) is 0 Å². The van der Waals surface area contributed by atoms with Crippen molar-refractivity contribution >= 4 is 22.9 Å². The fourth-order valence-electron chi connectivity index (χ4n) is 2.43. The van der Waals surface area contributed by atoms with Gasteiger partial charge in [0.05, 0.1) is 10.4 Å². The van der Waals surface area contributed by atoms with Gasteiger partial charge in [0, 0.05) is 24.6 Å². The summed E-state index contributed by atoms with van der Waals surface area (Å²) in [6, 6.07) is 4.72. The smallest absolute Gasteiger partial charge is 0.0931 e. The first kappa shape index (κ1) is 13.3. The average Bonchev–Trinajstić information content (AvgIpc) is 2.75. The normalized spacial score (nSPS) is 25.1. The second-order valence-electron chi connectivity index (χ2n) is 4.63. The second kappa shape index (κ2) is 6.74. The van der Waals surface area contributed by atoms with Crippen molar-refractivity contribution in [2.24, 2.45) is 0 Å². The molecule has 2 atom stereocenters. The van der Waals surface area contributed by atoms with Crippen LogP contribution in [0.15, 0.2) is 12.1 Å². The Bertz CT molecular complexity index is 342. The molecule has 96 valence electrons. The summed E-state index contributed by atoms with van der Waals surface area (Å²) in [5.41, 5.74) is 0. The van der Waals surface area contributed by atoms with Crippen LogP contribution in [0.5, 0.6) is 0 Å². The highest BCUT2D eigenvalue weighted by molar-refractivity contribution is 7.16. The lowest BCUT2D eigenvalue weighted by Gasteiger charge is -2.28. The van der Waals surface area contributed by atoms with Gasteiger partial charge in [-0.25, -0.2) is 0 Å². The summed E-state index contributed by atoms with van der Waals surface area (Å²) in [5.74, 6) is 0. The van der Waals surface area contributed by atoms with Crippen molar-refractivity contribution in [3.8, 4) is 0 Å². The molecule has 2 nitrogen and oxygen atoms in total. The van der Waals surface area contributed by atoms with Crippen LogP contribution in [0.2, 0.25) is 4.34 Å². The van der Waals surface area contributed by atoms with E-state index in [0.29, 0.717) is 12.1 Å². The van der Waals surface area contributed by atoms with E-state index in [9.17, 15) is 0 Å². The fourth-order valence-corrected chi connectivity index (χ4v) is 3.52. The predicted molar refractivity (Wildman–Crippen MR) is 74.1 cm³/mol. The van der Waals surface area contributed by atoms with Gasteiger partial charge < -0.3 is 10.1 Å². The molecule has 0 amide bonds. The third-order valence-corrected chi connectivity index (χ3v) is 4.68. The molecule has 1 N–H and O–H groups in total. The van der Waals surface area contributed by atoms with Crippen molar-refractivity contribution in [3.05, 3.63) is 21.3 Å². The lowest BCUT2D eigenvalue weighted by molar-refractivity contribution is 0.0590. The quantitative estimate of drug-likeness (QED) is 0.887. The Morgan fingerprint density at radius 3 is 3.06 bits per heavy atom. The minimum absolute atomic E-state index is 0.456. The van der Waals surface area contributed by atoms with Crippen LogP contribution in [0.4, 0.5) is 0 Å². The molecule has 4 heteroatoms. The molecule has 0 aromatic carbocycles. The maximum atomic E-state index is 5.91. The molecule has 1 fully saturated rings. The summed E-state index contributed by atoms with van der Waals surface area (Å²) in [7, 11) is 1.82. The van der Waals surface area contributed by atoms with E-state index in [1.807, 2.05) is 13.2 Å². The largest absolute Gasteiger partial charge is 0.381 e. The minimum Gasteiger partial charge on any atom is -0.381 e. The van der Waals surface area contributed by atoms with Gasteiger partial charge in [0.2, 0.25) is 0 Å². The van der Waals surface area contributed by atoms with E-state index in [-0.39, 0.29) is 0 Å². The number of hydrogen-bond acceptors (Lipinski definition) is 3. The Hall–Kier alpha value is -0.0900. The van der Waals surface area contributed by atoms with Crippen molar-refractivity contribution in [1.29, 1.82) is 0 Å². The third-order valence-electron chi connectivity index (χ3n) is 3.39. The summed E-state index contributed by atoms with van der Waals surface area (Å²) < 4.78 is 6.32. The number of nitrogens with one attached hydrogen (secondary N) is 1. The molecular weight excluding hydrogens is 254 g/mol. The van der Waals surface area contributed by atoms with Crippen molar-refractivity contribution in [1.82, 2.24) is 5.32 Å². The van der Waals surface area contributed by atoms with Gasteiger partial charge in [0.15, 0.2) is 0 Å². The number of ether oxygens (including phenoxy) is 1. The molecule has 1 heterocycles. The summed E-state index contributed by atoms with van der Waals surface area (Å²) >= 11 is 7.59. The van der Waals surface area contributed by atoms with Gasteiger partial charge in [-0.3, -0.25) is 0 Å². The Kier molecular flexibility index (Phi) is 5.29. The van der Waals surface area contributed by atoms with E-state index in [4.69, 9.17) is 16.3 Å². The van der Waals surface area contributed by atoms with E-state index < -0.39 is 0 Å². The zero-order chi connectivity index (χ0) is 12.1. The molecule has 1 aromatic heterocycles. The molecule has 0 spiro atoms. The maximum absolute atomic E-state index is 5.91. The second-order valence-corrected chi connectivity index (χ2v) is 6.43. The van der Waals surface area contributed by atoms with E-state index in [0.717, 1.165) is 23.7 Å². The van der Waals surface area contributed by atoms with Crippen LogP contribution in [0.25, 0.3) is 0 Å². The maximum Gasteiger partial charge on any atom is 0.0931 e. The Balaban J connectivity index is 1.68. The standard InChI is InChI=1S/C13H20ClNOS/c1-16-11-4-2-3-10(9-11)15-8-7-12-5-6-13(14)17-12/h5-6,10-11,15H,2-4,7-9H2,1H3. The lowest BCUT2D eigenvalue weighted by Crippen LogP contribution is -2.37. The predicted octanol–water partition coefficient (Wildman–Crippen LogP) is 3.49. The third kappa shape index (κ3) is 4.25. The summed E-state index contributed by atoms with van der Waals surface area (Å²) in [6.07, 6.45) is 6.46. The number of methoxy groups -OCH3 is 1. The Morgan fingerprint density at radius 2 is 2.35 bits per heavy atom. The Labute approximate surface area is 112 Å². The molecule has 17 heavy (non-hydrogen) atoms. The molecule has 0 aliphatic heterocycles. The molecule has 1 aliphatic carbocycles. The summed E-state index contributed by atoms with van der Waals surface area (Å²) in [6.45, 7) is 1.04. The first-order chi connectivity index (χ1) is 8.28. The van der Waals surface area contributed by atoms with Crippen LogP contribution in [0, 0.1) is 0 Å². The SMILES string of the molecule is COC1CCCC(NCCc2ccc(Cl)s2)C1. The van der Waals surface area contributed by atoms with E-state index in [1.165, 1.54) is 24.1 Å². The molecular formula is C13H20ClNOS. The van der Waals surface area contributed by atoms with Crippen molar-refractivity contribution in [2.45, 2.75) is 44.2 Å². The Morgan fingerprint density at radius 1 is 1.47 bits per heavy atom. The number of halogens is 1. The highest BCUT2D eigenvalue weighted by Gasteiger charge is 2.20. The van der Waals surface area contributed by atoms with Crippen LogP contribution in [0.1, 0.15) is 30.6 Å². The van der Waals surface area contributed by atoms with Crippen LogP contribution < -0.4 is 5.32 Å². The van der Waals surface area contributed by atoms with Crippen LogP contribution in [-0.4, -0.2) is 25.8 Å². The van der Waals surface area contributed by atoms with Gasteiger partial charge in [-0.2, -0.15) is 0 Å². The van der Waals surface area contributed by atoms with Crippen LogP contribution >= 0.6 is 22.9 Å². The molecule has 0 radical (unpaired) electrons. The first-order valence-corrected chi connectivity index (χ1v) is 7.48. The average molecular weight is 274 g/mol. The van der Waals surface area contributed by atoms with E-state index in [2.05, 4.69) is 11.4 Å². The molecule has 1 aromatic rings.